The minimum atomic E-state index is -4.10. The van der Waals surface area contributed by atoms with Gasteiger partial charge >= 0.3 is 0 Å². The highest BCUT2D eigenvalue weighted by Crippen LogP contribution is 2.28. The second-order valence-electron chi connectivity index (χ2n) is 11.1. The number of morpholine rings is 1. The Balaban J connectivity index is 1.43. The number of hydrogen-bond acceptors (Lipinski definition) is 10. The zero-order valence-electron chi connectivity index (χ0n) is 24.2. The number of carbonyl (C=O) groups excluding carboxylic acids is 4. The van der Waals surface area contributed by atoms with Crippen molar-refractivity contribution < 1.29 is 32.3 Å². The summed E-state index contributed by atoms with van der Waals surface area (Å²) in [4.78, 5) is 55.1. The van der Waals surface area contributed by atoms with Crippen LogP contribution >= 0.6 is 0 Å². The van der Waals surface area contributed by atoms with Gasteiger partial charge in [0, 0.05) is 64.7 Å². The molecule has 2 saturated heterocycles. The molecule has 240 valence electrons. The summed E-state index contributed by atoms with van der Waals surface area (Å²) in [5.74, 6) is 4.56. The standard InChI is InChI=1S/C25H42N10O7S/c26-28-17-32-7-1-2-19(16-32)15-27-24(38)14-21(31-43(40,41)34-10-12-42-13-11-34)25(39)35(20-3-4-20)9-8-33(18-36)22-5-6-23(37)30-29-22/h17-21,31H,1-16,26H2,(H,27,38)(H,30,37)/t19-,21-/m0/s1. The first kappa shape index (κ1) is 32.6. The van der Waals surface area contributed by atoms with Crippen molar-refractivity contribution in [3.05, 3.63) is 0 Å². The average molecular weight is 627 g/mol. The fourth-order valence-corrected chi connectivity index (χ4v) is 6.71. The summed E-state index contributed by atoms with van der Waals surface area (Å²) in [5, 5.41) is 10.4. The van der Waals surface area contributed by atoms with Gasteiger partial charge in [0.1, 0.15) is 18.2 Å². The van der Waals surface area contributed by atoms with Crippen LogP contribution < -0.4 is 21.3 Å². The molecule has 4 amide bonds. The Labute approximate surface area is 251 Å². The number of rotatable bonds is 14. The molecule has 3 heterocycles. The van der Waals surface area contributed by atoms with Crippen LogP contribution in [0.2, 0.25) is 0 Å². The smallest absolute Gasteiger partial charge is 0.280 e. The maximum absolute atomic E-state index is 13.9. The molecule has 4 rings (SSSR count). The zero-order chi connectivity index (χ0) is 30.8. The van der Waals surface area contributed by atoms with Crippen LogP contribution in [-0.4, -0.2) is 135 Å². The van der Waals surface area contributed by atoms with Crippen LogP contribution in [0.3, 0.4) is 0 Å². The molecule has 0 spiro atoms. The Morgan fingerprint density at radius 3 is 2.60 bits per heavy atom. The molecule has 0 unspecified atom stereocenters. The van der Waals surface area contributed by atoms with Crippen molar-refractivity contribution in [1.82, 2.24) is 34.5 Å². The second-order valence-corrected chi connectivity index (χ2v) is 12.8. The molecule has 4 aliphatic rings. The number of ether oxygens (including phenoxy) is 1. The van der Waals surface area contributed by atoms with Gasteiger partial charge in [-0.1, -0.05) is 0 Å². The van der Waals surface area contributed by atoms with Gasteiger partial charge in [-0.05, 0) is 31.6 Å². The highest BCUT2D eigenvalue weighted by molar-refractivity contribution is 7.87. The van der Waals surface area contributed by atoms with Crippen molar-refractivity contribution >= 4 is 46.5 Å². The summed E-state index contributed by atoms with van der Waals surface area (Å²) >= 11 is 0. The van der Waals surface area contributed by atoms with Crippen molar-refractivity contribution in [2.75, 3.05) is 59.0 Å². The minimum absolute atomic E-state index is 0.0971. The van der Waals surface area contributed by atoms with Gasteiger partial charge < -0.3 is 25.7 Å². The fourth-order valence-electron chi connectivity index (χ4n) is 5.39. The molecule has 2 atom stereocenters. The Morgan fingerprint density at radius 2 is 1.95 bits per heavy atom. The number of hydrazone groups is 2. The lowest BCUT2D eigenvalue weighted by Gasteiger charge is -2.32. The number of nitrogens with one attached hydrogen (secondary N) is 3. The van der Waals surface area contributed by atoms with Gasteiger partial charge in [0.05, 0.1) is 19.6 Å². The number of likely N-dealkylation sites (tertiary alicyclic amines) is 1. The molecule has 0 aromatic heterocycles. The molecule has 0 bridgehead atoms. The van der Waals surface area contributed by atoms with E-state index in [9.17, 15) is 27.6 Å². The summed E-state index contributed by atoms with van der Waals surface area (Å²) in [6.07, 6.45) is 5.51. The van der Waals surface area contributed by atoms with E-state index in [1.807, 2.05) is 4.90 Å². The first-order chi connectivity index (χ1) is 20.7. The molecule has 3 aliphatic heterocycles. The molecule has 5 N–H and O–H groups in total. The largest absolute Gasteiger partial charge is 0.379 e. The van der Waals surface area contributed by atoms with Crippen LogP contribution in [0.25, 0.3) is 0 Å². The van der Waals surface area contributed by atoms with E-state index < -0.39 is 28.1 Å². The summed E-state index contributed by atoms with van der Waals surface area (Å²) in [6, 6.07) is -1.48. The number of nitrogens with zero attached hydrogens (tertiary/aromatic N) is 6. The van der Waals surface area contributed by atoms with Crippen LogP contribution in [-0.2, 0) is 34.1 Å². The van der Waals surface area contributed by atoms with Gasteiger partial charge in [-0.3, -0.25) is 24.1 Å². The third-order valence-electron chi connectivity index (χ3n) is 7.85. The molecule has 3 fully saturated rings. The van der Waals surface area contributed by atoms with Crippen LogP contribution in [0.1, 0.15) is 44.9 Å². The monoisotopic (exact) mass is 626 g/mol. The van der Waals surface area contributed by atoms with Gasteiger partial charge in [0.15, 0.2) is 0 Å². The molecule has 1 saturated carbocycles. The van der Waals surface area contributed by atoms with Crippen LogP contribution in [0.15, 0.2) is 10.2 Å². The lowest BCUT2D eigenvalue weighted by atomic mass is 9.98. The number of piperidine rings is 1. The summed E-state index contributed by atoms with van der Waals surface area (Å²) in [6.45, 7) is 2.78. The number of nitrogens with two attached hydrogens (primary N) is 1. The lowest BCUT2D eigenvalue weighted by molar-refractivity contribution is -0.136. The molecule has 1 aliphatic carbocycles. The Bertz CT molecular complexity index is 1170. The maximum Gasteiger partial charge on any atom is 0.280 e. The maximum atomic E-state index is 13.9. The van der Waals surface area contributed by atoms with Crippen LogP contribution in [0, 0.1) is 5.92 Å². The predicted molar refractivity (Wildman–Crippen MR) is 155 cm³/mol. The first-order valence-corrected chi connectivity index (χ1v) is 16.1. The Morgan fingerprint density at radius 1 is 1.19 bits per heavy atom. The fraction of sp³-hybridized carbons (Fsp3) is 0.760. The number of amides is 4. The van der Waals surface area contributed by atoms with Crippen LogP contribution in [0.5, 0.6) is 0 Å². The van der Waals surface area contributed by atoms with Crippen LogP contribution in [0.4, 0.5) is 0 Å². The molecular weight excluding hydrogens is 584 g/mol. The minimum Gasteiger partial charge on any atom is -0.379 e. The number of amidine groups is 1. The van der Waals surface area contributed by atoms with E-state index in [0.717, 1.165) is 32.2 Å². The SMILES string of the molecule is NN=CN1CCC[C@@H](CNC(=O)C[C@H](NS(=O)(=O)N2CCOCC2)C(=O)N(CCN(C=O)C2=NNC(=O)CC2)C2CC2)C1. The van der Waals surface area contributed by atoms with Crippen molar-refractivity contribution in [1.29, 1.82) is 0 Å². The Hall–Kier alpha value is -3.35. The molecule has 18 heteroatoms. The summed E-state index contributed by atoms with van der Waals surface area (Å²) < 4.78 is 35.5. The third-order valence-corrected chi connectivity index (χ3v) is 9.48. The molecule has 43 heavy (non-hydrogen) atoms. The predicted octanol–water partition coefficient (Wildman–Crippen LogP) is -2.69. The van der Waals surface area contributed by atoms with E-state index in [4.69, 9.17) is 10.6 Å². The molecule has 0 aromatic rings. The van der Waals surface area contributed by atoms with E-state index in [1.54, 1.807) is 6.34 Å². The van der Waals surface area contributed by atoms with Crippen molar-refractivity contribution in [3.63, 3.8) is 0 Å². The van der Waals surface area contributed by atoms with Gasteiger partial charge in [-0.15, -0.1) is 0 Å². The van der Waals surface area contributed by atoms with E-state index in [1.165, 1.54) is 14.1 Å². The average Bonchev–Trinajstić information content (AvgIpc) is 3.85. The van der Waals surface area contributed by atoms with Gasteiger partial charge in [-0.25, -0.2) is 5.43 Å². The van der Waals surface area contributed by atoms with Crippen molar-refractivity contribution in [3.8, 4) is 0 Å². The van der Waals surface area contributed by atoms with Crippen molar-refractivity contribution in [2.45, 2.75) is 57.0 Å². The summed E-state index contributed by atoms with van der Waals surface area (Å²) in [5.41, 5.74) is 2.35. The van der Waals surface area contributed by atoms with E-state index in [0.29, 0.717) is 25.3 Å². The molecule has 0 radical (unpaired) electrons. The number of hydrogen-bond donors (Lipinski definition) is 4. The second kappa shape index (κ2) is 15.4. The molecule has 0 aromatic carbocycles. The first-order valence-electron chi connectivity index (χ1n) is 14.7. The third kappa shape index (κ3) is 9.57. The van der Waals surface area contributed by atoms with E-state index in [-0.39, 0.29) is 76.5 Å². The van der Waals surface area contributed by atoms with E-state index >= 15 is 0 Å². The lowest BCUT2D eigenvalue weighted by Crippen LogP contribution is -2.56. The van der Waals surface area contributed by atoms with E-state index in [2.05, 4.69) is 25.7 Å². The highest BCUT2D eigenvalue weighted by atomic mass is 32.2. The molecule has 17 nitrogen and oxygen atoms in total. The van der Waals surface area contributed by atoms with Gasteiger partial charge in [-0.2, -0.15) is 27.6 Å². The zero-order valence-corrected chi connectivity index (χ0v) is 25.0. The molecular formula is C25H42N10O7S. The number of carbonyl (C=O) groups is 4. The van der Waals surface area contributed by atoms with Gasteiger partial charge in [0.2, 0.25) is 24.1 Å². The topological polar surface area (TPSA) is 211 Å². The normalized spacial score (nSPS) is 22.4. The van der Waals surface area contributed by atoms with Crippen molar-refractivity contribution in [2.24, 2.45) is 22.0 Å². The van der Waals surface area contributed by atoms with Gasteiger partial charge in [0.25, 0.3) is 10.2 Å². The Kier molecular flexibility index (Phi) is 11.7. The highest BCUT2D eigenvalue weighted by Gasteiger charge is 2.39. The summed E-state index contributed by atoms with van der Waals surface area (Å²) in [7, 11) is -4.10. The quantitative estimate of drug-likeness (QED) is 0.0519.